The molecule has 3 aromatic heterocycles. The number of fused-ring (bicyclic) bond motifs is 2. The fourth-order valence-electron chi connectivity index (χ4n) is 4.49. The first kappa shape index (κ1) is 19.5. The number of nitrogens with two attached hydrogens (primary N) is 1. The monoisotopic (exact) mass is 438 g/mol. The molecule has 33 heavy (non-hydrogen) atoms. The Bertz CT molecular complexity index is 1480. The molecule has 1 saturated heterocycles. The van der Waals surface area contributed by atoms with Gasteiger partial charge in [0.2, 0.25) is 5.91 Å². The normalized spacial score (nSPS) is 17.9. The topological polar surface area (TPSA) is 108 Å². The number of hydrogen-bond acceptors (Lipinski definition) is 6. The number of likely N-dealkylation sites (tertiary alicyclic amines) is 1. The van der Waals surface area contributed by atoms with Crippen LogP contribution in [0.5, 0.6) is 0 Å². The second-order valence-corrected chi connectivity index (χ2v) is 8.52. The fraction of sp³-hybridized carbons (Fsp3) is 0.292. The number of benzene rings is 1. The van der Waals surface area contributed by atoms with Crippen LogP contribution in [0.15, 0.2) is 43.5 Å². The van der Waals surface area contributed by atoms with Gasteiger partial charge in [0.1, 0.15) is 17.8 Å². The molecule has 1 saturated carbocycles. The summed E-state index contributed by atoms with van der Waals surface area (Å²) in [6.45, 7) is 4.76. The van der Waals surface area contributed by atoms with Crippen molar-refractivity contribution in [3.05, 3.63) is 54.8 Å². The first-order valence-corrected chi connectivity index (χ1v) is 11.0. The number of rotatable bonds is 3. The third-order valence-corrected chi connectivity index (χ3v) is 6.35. The van der Waals surface area contributed by atoms with Gasteiger partial charge in [0.25, 0.3) is 0 Å². The summed E-state index contributed by atoms with van der Waals surface area (Å²) >= 11 is 0. The third kappa shape index (κ3) is 3.31. The standard InChI is InChI=1S/C24H22N8O/c1-2-21(33)30-10-9-17(12-30)32-24-22(23(25)26-13-27-24)18(29-32)7-3-15-4-8-20-19(11-15)28-14-31(20)16-5-6-16/h2,4,8,11,13-14,16-17H,1,5-6,9-10,12H2,(H2,25,26,27)/t17-/m0/s1. The van der Waals surface area contributed by atoms with Gasteiger partial charge in [-0.25, -0.2) is 19.6 Å². The van der Waals surface area contributed by atoms with Crippen molar-refractivity contribution in [3.63, 3.8) is 0 Å². The van der Waals surface area contributed by atoms with Crippen molar-refractivity contribution in [1.82, 2.24) is 34.2 Å². The Morgan fingerprint density at radius 2 is 2.03 bits per heavy atom. The molecule has 0 unspecified atom stereocenters. The van der Waals surface area contributed by atoms with Crippen molar-refractivity contribution in [2.24, 2.45) is 0 Å². The maximum absolute atomic E-state index is 12.0. The predicted octanol–water partition coefficient (Wildman–Crippen LogP) is 2.45. The van der Waals surface area contributed by atoms with Gasteiger partial charge in [-0.2, -0.15) is 5.10 Å². The van der Waals surface area contributed by atoms with Crippen molar-refractivity contribution in [3.8, 4) is 11.8 Å². The number of carbonyl (C=O) groups excluding carboxylic acids is 1. The average molecular weight is 438 g/mol. The van der Waals surface area contributed by atoms with E-state index in [4.69, 9.17) is 10.8 Å². The molecular formula is C24H22N8O. The maximum Gasteiger partial charge on any atom is 0.246 e. The Hall–Kier alpha value is -4.19. The Kier molecular flexibility index (Phi) is 4.40. The summed E-state index contributed by atoms with van der Waals surface area (Å²) in [5.41, 5.74) is 10.3. The molecule has 1 aliphatic heterocycles. The van der Waals surface area contributed by atoms with Gasteiger partial charge >= 0.3 is 0 Å². The number of amides is 1. The summed E-state index contributed by atoms with van der Waals surface area (Å²) in [6, 6.07) is 6.64. The van der Waals surface area contributed by atoms with E-state index in [1.54, 1.807) is 4.90 Å². The molecule has 2 N–H and O–H groups in total. The highest BCUT2D eigenvalue weighted by Crippen LogP contribution is 2.37. The SMILES string of the molecule is C=CC(=O)N1CC[C@H](n2nc(C#Cc3ccc4c(c3)ncn4C3CC3)c3c(N)ncnc32)C1. The summed E-state index contributed by atoms with van der Waals surface area (Å²) in [5.74, 6) is 6.63. The molecule has 9 nitrogen and oxygen atoms in total. The van der Waals surface area contributed by atoms with E-state index in [-0.39, 0.29) is 11.9 Å². The summed E-state index contributed by atoms with van der Waals surface area (Å²) in [6.07, 6.45) is 7.88. The first-order valence-electron chi connectivity index (χ1n) is 11.0. The number of imidazole rings is 1. The highest BCUT2D eigenvalue weighted by Gasteiger charge is 2.29. The highest BCUT2D eigenvalue weighted by atomic mass is 16.2. The molecule has 2 aliphatic rings. The van der Waals surface area contributed by atoms with Gasteiger partial charge in [-0.1, -0.05) is 12.5 Å². The van der Waals surface area contributed by atoms with Gasteiger partial charge in [0, 0.05) is 24.7 Å². The molecule has 1 aliphatic carbocycles. The second-order valence-electron chi connectivity index (χ2n) is 8.52. The molecule has 0 radical (unpaired) electrons. The lowest BCUT2D eigenvalue weighted by Gasteiger charge is -2.14. The molecule has 1 amide bonds. The van der Waals surface area contributed by atoms with Crippen LogP contribution in [-0.2, 0) is 4.79 Å². The lowest BCUT2D eigenvalue weighted by molar-refractivity contribution is -0.125. The third-order valence-electron chi connectivity index (χ3n) is 6.35. The van der Waals surface area contributed by atoms with Gasteiger partial charge in [-0.15, -0.1) is 0 Å². The second kappa shape index (κ2) is 7.45. The number of nitrogen functional groups attached to an aromatic ring is 1. The molecule has 4 heterocycles. The first-order chi connectivity index (χ1) is 16.1. The largest absolute Gasteiger partial charge is 0.383 e. The van der Waals surface area contributed by atoms with Gasteiger partial charge < -0.3 is 15.2 Å². The van der Waals surface area contributed by atoms with Crippen LogP contribution in [0.3, 0.4) is 0 Å². The van der Waals surface area contributed by atoms with E-state index in [9.17, 15) is 4.79 Å². The molecule has 0 spiro atoms. The van der Waals surface area contributed by atoms with Crippen LogP contribution in [0.1, 0.15) is 42.6 Å². The van der Waals surface area contributed by atoms with Crippen LogP contribution in [0.2, 0.25) is 0 Å². The van der Waals surface area contributed by atoms with E-state index >= 15 is 0 Å². The van der Waals surface area contributed by atoms with E-state index in [1.807, 2.05) is 23.1 Å². The number of aromatic nitrogens is 6. The Balaban J connectivity index is 1.37. The Morgan fingerprint density at radius 3 is 2.85 bits per heavy atom. The van der Waals surface area contributed by atoms with E-state index < -0.39 is 0 Å². The lowest BCUT2D eigenvalue weighted by atomic mass is 10.2. The van der Waals surface area contributed by atoms with Crippen LogP contribution in [0.25, 0.3) is 22.1 Å². The van der Waals surface area contributed by atoms with Crippen molar-refractivity contribution in [1.29, 1.82) is 0 Å². The Labute approximate surface area is 189 Å². The summed E-state index contributed by atoms with van der Waals surface area (Å²) in [5, 5.41) is 5.38. The van der Waals surface area contributed by atoms with E-state index in [0.717, 1.165) is 23.0 Å². The number of hydrogen-bond donors (Lipinski definition) is 1. The summed E-state index contributed by atoms with van der Waals surface area (Å²) in [7, 11) is 0. The Morgan fingerprint density at radius 1 is 1.15 bits per heavy atom. The predicted molar refractivity (Wildman–Crippen MR) is 124 cm³/mol. The van der Waals surface area contributed by atoms with E-state index in [2.05, 4.69) is 44.0 Å². The molecule has 1 aromatic carbocycles. The molecule has 0 bridgehead atoms. The summed E-state index contributed by atoms with van der Waals surface area (Å²) < 4.78 is 4.07. The van der Waals surface area contributed by atoms with Gasteiger partial charge in [0.05, 0.1) is 28.8 Å². The zero-order valence-electron chi connectivity index (χ0n) is 18.0. The van der Waals surface area contributed by atoms with Crippen LogP contribution in [0, 0.1) is 11.8 Å². The number of anilines is 1. The number of nitrogens with zero attached hydrogens (tertiary/aromatic N) is 7. The van der Waals surface area contributed by atoms with Gasteiger partial charge in [0.15, 0.2) is 5.65 Å². The van der Waals surface area contributed by atoms with Crippen molar-refractivity contribution in [2.45, 2.75) is 31.3 Å². The molecule has 6 rings (SSSR count). The summed E-state index contributed by atoms with van der Waals surface area (Å²) in [4.78, 5) is 26.9. The molecule has 2 fully saturated rings. The number of carbonyl (C=O) groups is 1. The molecule has 9 heteroatoms. The smallest absolute Gasteiger partial charge is 0.246 e. The average Bonchev–Trinajstić information content (AvgIpc) is 3.24. The molecular weight excluding hydrogens is 416 g/mol. The zero-order chi connectivity index (χ0) is 22.5. The lowest BCUT2D eigenvalue weighted by Crippen LogP contribution is -2.27. The molecule has 4 aromatic rings. The minimum atomic E-state index is -0.0809. The van der Waals surface area contributed by atoms with Crippen LogP contribution >= 0.6 is 0 Å². The van der Waals surface area contributed by atoms with E-state index in [0.29, 0.717) is 41.7 Å². The van der Waals surface area contributed by atoms with Crippen LogP contribution < -0.4 is 5.73 Å². The quantitative estimate of drug-likeness (QED) is 0.389. The minimum absolute atomic E-state index is 0.0102. The van der Waals surface area contributed by atoms with Gasteiger partial charge in [-0.05, 0) is 49.5 Å². The van der Waals surface area contributed by atoms with Crippen molar-refractivity contribution < 1.29 is 4.79 Å². The molecule has 1 atom stereocenters. The van der Waals surface area contributed by atoms with Crippen LogP contribution in [0.4, 0.5) is 5.82 Å². The minimum Gasteiger partial charge on any atom is -0.383 e. The highest BCUT2D eigenvalue weighted by molar-refractivity contribution is 5.91. The molecule has 164 valence electrons. The van der Waals surface area contributed by atoms with Crippen molar-refractivity contribution in [2.75, 3.05) is 18.8 Å². The van der Waals surface area contributed by atoms with E-state index in [1.165, 1.54) is 25.2 Å². The maximum atomic E-state index is 12.0. The fourth-order valence-corrected chi connectivity index (χ4v) is 4.49. The van der Waals surface area contributed by atoms with Crippen molar-refractivity contribution >= 4 is 33.8 Å². The van der Waals surface area contributed by atoms with Gasteiger partial charge in [-0.3, -0.25) is 4.79 Å². The zero-order valence-corrected chi connectivity index (χ0v) is 18.0. The van der Waals surface area contributed by atoms with Crippen LogP contribution in [-0.4, -0.2) is 53.2 Å².